The summed E-state index contributed by atoms with van der Waals surface area (Å²) in [6, 6.07) is 0. The number of hydrogen-bond acceptors (Lipinski definition) is 4. The summed E-state index contributed by atoms with van der Waals surface area (Å²) in [6.07, 6.45) is 7.89. The smallest absolute Gasteiger partial charge is 0.216 e. The highest BCUT2D eigenvalue weighted by atomic mass is 35.5. The average molecular weight is 388 g/mol. The van der Waals surface area contributed by atoms with Gasteiger partial charge in [0.1, 0.15) is 5.76 Å². The minimum absolute atomic E-state index is 0.0523. The van der Waals surface area contributed by atoms with E-state index in [1.165, 1.54) is 6.92 Å². The highest BCUT2D eigenvalue weighted by Crippen LogP contribution is 2.16. The molecule has 0 spiro atoms. The fourth-order valence-electron chi connectivity index (χ4n) is 2.11. The summed E-state index contributed by atoms with van der Waals surface area (Å²) in [5.74, 6) is 0.884. The quantitative estimate of drug-likeness (QED) is 0.319. The number of amides is 1. The molecular formula is C20H38ClN3O2. The van der Waals surface area contributed by atoms with E-state index in [1.807, 2.05) is 32.1 Å². The molecule has 26 heavy (non-hydrogen) atoms. The number of nitrogens with zero attached hydrogens (tertiary/aromatic N) is 1. The Labute approximate surface area is 165 Å². The molecule has 0 aromatic heterocycles. The van der Waals surface area contributed by atoms with Crippen LogP contribution in [0.1, 0.15) is 47.5 Å². The fraction of sp³-hybridized carbons (Fsp3) is 0.650. The molecule has 6 heteroatoms. The number of ether oxygens (including phenoxy) is 1. The minimum atomic E-state index is 0.0523. The van der Waals surface area contributed by atoms with E-state index in [9.17, 15) is 4.79 Å². The lowest BCUT2D eigenvalue weighted by atomic mass is 10.2. The van der Waals surface area contributed by atoms with Gasteiger partial charge in [-0.2, -0.15) is 0 Å². The Bertz CT molecular complexity index is 456. The number of nitrogens with one attached hydrogen (secondary N) is 2. The van der Waals surface area contributed by atoms with Gasteiger partial charge in [0.05, 0.1) is 12.8 Å². The molecule has 0 unspecified atom stereocenters. The molecule has 0 saturated carbocycles. The van der Waals surface area contributed by atoms with Crippen LogP contribution < -0.4 is 10.6 Å². The number of methoxy groups -OCH3 is 1. The summed E-state index contributed by atoms with van der Waals surface area (Å²) < 4.78 is 5.37. The van der Waals surface area contributed by atoms with Crippen LogP contribution >= 0.6 is 11.6 Å². The Kier molecular flexibility index (Phi) is 18.9. The molecule has 0 radical (unpaired) electrons. The highest BCUT2D eigenvalue weighted by molar-refractivity contribution is 6.29. The number of halogens is 1. The summed E-state index contributed by atoms with van der Waals surface area (Å²) in [7, 11) is 3.73. The third kappa shape index (κ3) is 16.0. The zero-order chi connectivity index (χ0) is 20.4. The van der Waals surface area contributed by atoms with Gasteiger partial charge in [0.15, 0.2) is 0 Å². The van der Waals surface area contributed by atoms with Crippen LogP contribution in [-0.4, -0.2) is 51.1 Å². The molecule has 1 amide bonds. The molecule has 0 heterocycles. The number of carbonyl (C=O) groups excluding carboxylic acids is 1. The zero-order valence-electron chi connectivity index (χ0n) is 17.6. The van der Waals surface area contributed by atoms with Gasteiger partial charge in [-0.3, -0.25) is 4.79 Å². The van der Waals surface area contributed by atoms with Gasteiger partial charge in [-0.1, -0.05) is 31.5 Å². The molecule has 0 aliphatic carbocycles. The maximum absolute atomic E-state index is 10.3. The number of hydrogen-bond donors (Lipinski definition) is 2. The van der Waals surface area contributed by atoms with E-state index >= 15 is 0 Å². The van der Waals surface area contributed by atoms with E-state index < -0.39 is 0 Å². The van der Waals surface area contributed by atoms with Crippen molar-refractivity contribution in [3.05, 3.63) is 34.7 Å². The second-order valence-corrected chi connectivity index (χ2v) is 6.37. The predicted octanol–water partition coefficient (Wildman–Crippen LogP) is 4.03. The Morgan fingerprint density at radius 2 is 1.85 bits per heavy atom. The van der Waals surface area contributed by atoms with E-state index in [0.29, 0.717) is 0 Å². The molecule has 0 rings (SSSR count). The molecule has 0 aromatic rings. The van der Waals surface area contributed by atoms with Crippen LogP contribution in [0.15, 0.2) is 34.7 Å². The van der Waals surface area contributed by atoms with Gasteiger partial charge >= 0.3 is 0 Å². The summed E-state index contributed by atoms with van der Waals surface area (Å²) in [5, 5.41) is 6.64. The molecule has 152 valence electrons. The van der Waals surface area contributed by atoms with E-state index in [0.717, 1.165) is 55.5 Å². The average Bonchev–Trinajstić information content (AvgIpc) is 2.58. The fourth-order valence-corrected chi connectivity index (χ4v) is 2.17. The van der Waals surface area contributed by atoms with Crippen molar-refractivity contribution in [3.8, 4) is 0 Å². The van der Waals surface area contributed by atoms with E-state index in [4.69, 9.17) is 16.3 Å². The first-order valence-corrected chi connectivity index (χ1v) is 9.62. The third-order valence-corrected chi connectivity index (χ3v) is 3.46. The van der Waals surface area contributed by atoms with Crippen LogP contribution in [0.25, 0.3) is 0 Å². The zero-order valence-corrected chi connectivity index (χ0v) is 18.4. The monoisotopic (exact) mass is 387 g/mol. The van der Waals surface area contributed by atoms with E-state index in [2.05, 4.69) is 36.4 Å². The van der Waals surface area contributed by atoms with Gasteiger partial charge in [-0.25, -0.2) is 0 Å². The Hall–Kier alpha value is -1.46. The molecule has 0 aliphatic rings. The van der Waals surface area contributed by atoms with Gasteiger partial charge < -0.3 is 20.3 Å². The molecule has 0 saturated heterocycles. The van der Waals surface area contributed by atoms with Gasteiger partial charge in [0.2, 0.25) is 5.91 Å². The molecule has 5 nitrogen and oxygen atoms in total. The lowest BCUT2D eigenvalue weighted by molar-refractivity contribution is -0.118. The van der Waals surface area contributed by atoms with Gasteiger partial charge in [0, 0.05) is 32.1 Å². The third-order valence-electron chi connectivity index (χ3n) is 3.33. The molecule has 0 fully saturated rings. The van der Waals surface area contributed by atoms with Gasteiger partial charge in [-0.15, -0.1) is 0 Å². The Balaban J connectivity index is 0. The molecule has 0 atom stereocenters. The van der Waals surface area contributed by atoms with Crippen molar-refractivity contribution >= 4 is 17.5 Å². The number of likely N-dealkylation sites (N-methyl/N-ethyl adjacent to an activating group) is 1. The lowest BCUT2D eigenvalue weighted by Gasteiger charge is -2.23. The van der Waals surface area contributed by atoms with Crippen molar-refractivity contribution < 1.29 is 9.53 Å². The van der Waals surface area contributed by atoms with E-state index in [-0.39, 0.29) is 5.91 Å². The van der Waals surface area contributed by atoms with Crippen LogP contribution in [-0.2, 0) is 9.53 Å². The number of carbonyl (C=O) groups is 1. The highest BCUT2D eigenvalue weighted by Gasteiger charge is 2.08. The number of rotatable bonds is 11. The van der Waals surface area contributed by atoms with Crippen LogP contribution in [0.4, 0.5) is 0 Å². The maximum atomic E-state index is 10.3. The molecule has 0 aliphatic heterocycles. The predicted molar refractivity (Wildman–Crippen MR) is 113 cm³/mol. The summed E-state index contributed by atoms with van der Waals surface area (Å²) in [6.45, 7) is 13.4. The van der Waals surface area contributed by atoms with Crippen molar-refractivity contribution in [2.45, 2.75) is 47.5 Å². The summed E-state index contributed by atoms with van der Waals surface area (Å²) >= 11 is 5.80. The second kappa shape index (κ2) is 18.3. The minimum Gasteiger partial charge on any atom is -0.495 e. The normalized spacial score (nSPS) is 12.2. The van der Waals surface area contributed by atoms with Gasteiger partial charge in [-0.05, 0) is 51.9 Å². The Morgan fingerprint density at radius 3 is 2.27 bits per heavy atom. The molecule has 2 N–H and O–H groups in total. The van der Waals surface area contributed by atoms with Crippen LogP contribution in [0.3, 0.4) is 0 Å². The number of allylic oxidation sites excluding steroid dienone is 4. The lowest BCUT2D eigenvalue weighted by Crippen LogP contribution is -2.24. The van der Waals surface area contributed by atoms with Crippen molar-refractivity contribution in [2.24, 2.45) is 0 Å². The molecule has 0 bridgehead atoms. The largest absolute Gasteiger partial charge is 0.495 e. The van der Waals surface area contributed by atoms with Crippen molar-refractivity contribution in [2.75, 3.05) is 40.3 Å². The topological polar surface area (TPSA) is 53.6 Å². The summed E-state index contributed by atoms with van der Waals surface area (Å²) in [4.78, 5) is 12.5. The second-order valence-electron chi connectivity index (χ2n) is 5.77. The van der Waals surface area contributed by atoms with Crippen molar-refractivity contribution in [1.29, 1.82) is 0 Å². The van der Waals surface area contributed by atoms with Crippen LogP contribution in [0, 0.1) is 0 Å². The van der Waals surface area contributed by atoms with Crippen LogP contribution in [0.2, 0.25) is 0 Å². The Morgan fingerprint density at radius 1 is 1.19 bits per heavy atom. The molecular weight excluding hydrogens is 350 g/mol. The first kappa shape index (κ1) is 26.8. The SMILES string of the molecule is CCNCCCNC(C)=O.C\C=C(/C(=C\C=C(/C)Cl)OC)N(C)CCC. The van der Waals surface area contributed by atoms with Gasteiger partial charge in [0.25, 0.3) is 0 Å². The standard InChI is InChI=1S/C13H22ClNO.C7H16N2O/c1-6-10-15(4)12(7-2)13(16-5)9-8-11(3)14;1-3-8-5-4-6-9-7(2)10/h7-9H,6,10H2,1-5H3;8H,3-6H2,1-2H3,(H,9,10)/b11-8+,12-7+,13-9+;. The molecule has 0 aromatic carbocycles. The first-order valence-electron chi connectivity index (χ1n) is 9.24. The first-order chi connectivity index (χ1) is 12.3. The summed E-state index contributed by atoms with van der Waals surface area (Å²) in [5.41, 5.74) is 1.08. The van der Waals surface area contributed by atoms with Crippen molar-refractivity contribution in [3.63, 3.8) is 0 Å². The maximum Gasteiger partial charge on any atom is 0.216 e. The van der Waals surface area contributed by atoms with E-state index in [1.54, 1.807) is 7.11 Å². The van der Waals surface area contributed by atoms with Crippen molar-refractivity contribution in [1.82, 2.24) is 15.5 Å². The van der Waals surface area contributed by atoms with Crippen LogP contribution in [0.5, 0.6) is 0 Å².